The van der Waals surface area contributed by atoms with Crippen LogP contribution < -0.4 is 10.1 Å². The highest BCUT2D eigenvalue weighted by molar-refractivity contribution is 6.30. The van der Waals surface area contributed by atoms with Gasteiger partial charge in [0.25, 0.3) is 5.91 Å². The Labute approximate surface area is 208 Å². The van der Waals surface area contributed by atoms with Crippen LogP contribution in [0, 0.1) is 11.3 Å². The molecule has 1 aliphatic rings. The predicted molar refractivity (Wildman–Crippen MR) is 135 cm³/mol. The van der Waals surface area contributed by atoms with Crippen molar-refractivity contribution in [2.24, 2.45) is 11.3 Å². The van der Waals surface area contributed by atoms with Crippen molar-refractivity contribution in [2.45, 2.75) is 72.0 Å². The van der Waals surface area contributed by atoms with Gasteiger partial charge in [-0.05, 0) is 92.8 Å². The maximum absolute atomic E-state index is 12.9. The molecule has 0 aromatic heterocycles. The summed E-state index contributed by atoms with van der Waals surface area (Å²) in [6, 6.07) is 14.4. The van der Waals surface area contributed by atoms with Crippen LogP contribution in [0.4, 0.5) is 0 Å². The number of amides is 1. The largest absolute Gasteiger partial charge is 0.476 e. The van der Waals surface area contributed by atoms with E-state index in [-0.39, 0.29) is 23.4 Å². The molecular weight excluding hydrogens is 450 g/mol. The molecule has 0 spiro atoms. The minimum absolute atomic E-state index is 0.0698. The van der Waals surface area contributed by atoms with Crippen LogP contribution in [0.1, 0.15) is 69.8 Å². The molecule has 1 amide bonds. The maximum Gasteiger partial charge on any atom is 0.350 e. The van der Waals surface area contributed by atoms with Crippen molar-refractivity contribution in [1.29, 1.82) is 0 Å². The summed E-state index contributed by atoms with van der Waals surface area (Å²) in [4.78, 5) is 25.1. The van der Waals surface area contributed by atoms with Gasteiger partial charge in [0.1, 0.15) is 11.9 Å². The van der Waals surface area contributed by atoms with E-state index in [0.717, 1.165) is 24.8 Å². The lowest BCUT2D eigenvalue weighted by molar-refractivity contribution is -0.169. The van der Waals surface area contributed by atoms with E-state index in [0.29, 0.717) is 35.2 Å². The van der Waals surface area contributed by atoms with E-state index in [4.69, 9.17) is 21.1 Å². The van der Waals surface area contributed by atoms with Gasteiger partial charge in [0, 0.05) is 17.1 Å². The van der Waals surface area contributed by atoms with E-state index in [9.17, 15) is 9.59 Å². The number of benzene rings is 2. The molecule has 2 atom stereocenters. The molecular formula is C28H36ClNO4. The van der Waals surface area contributed by atoms with Gasteiger partial charge in [-0.25, -0.2) is 4.79 Å². The quantitative estimate of drug-likeness (QED) is 0.450. The molecule has 2 aromatic carbocycles. The fourth-order valence-electron chi connectivity index (χ4n) is 4.73. The molecule has 1 saturated carbocycles. The summed E-state index contributed by atoms with van der Waals surface area (Å²) >= 11 is 5.86. The lowest BCUT2D eigenvalue weighted by atomic mass is 9.71. The number of nitrogens with one attached hydrogen (secondary N) is 1. The third kappa shape index (κ3) is 7.49. The first-order valence-electron chi connectivity index (χ1n) is 12.0. The average molecular weight is 486 g/mol. The van der Waals surface area contributed by atoms with Crippen LogP contribution in [0.25, 0.3) is 0 Å². The molecule has 0 bridgehead atoms. The van der Waals surface area contributed by atoms with E-state index < -0.39 is 5.60 Å². The van der Waals surface area contributed by atoms with Crippen molar-refractivity contribution in [3.05, 3.63) is 64.7 Å². The van der Waals surface area contributed by atoms with E-state index in [1.54, 1.807) is 38.1 Å². The first kappa shape index (κ1) is 26.1. The van der Waals surface area contributed by atoms with Crippen molar-refractivity contribution in [3.8, 4) is 5.75 Å². The van der Waals surface area contributed by atoms with E-state index in [1.807, 2.05) is 24.3 Å². The Bertz CT molecular complexity index is 982. The zero-order chi connectivity index (χ0) is 24.9. The standard InChI is InChI=1S/C28H36ClNO4/c1-19-16-24(18-27(2,3)17-19)33-26(32)28(4,5)34-23-12-6-20(7-13-23)14-15-30-25(31)21-8-10-22(29)11-9-21/h6-13,19,24H,14-18H2,1-5H3,(H,30,31)/t19-,24+/m1/s1. The molecule has 0 heterocycles. The van der Waals surface area contributed by atoms with Crippen LogP contribution in [0.3, 0.4) is 0 Å². The third-order valence-electron chi connectivity index (χ3n) is 6.21. The summed E-state index contributed by atoms with van der Waals surface area (Å²) in [6.45, 7) is 10.7. The van der Waals surface area contributed by atoms with Gasteiger partial charge in [-0.1, -0.05) is 44.5 Å². The molecule has 3 rings (SSSR count). The van der Waals surface area contributed by atoms with Gasteiger partial charge in [-0.15, -0.1) is 0 Å². The number of halogens is 1. The van der Waals surface area contributed by atoms with Crippen LogP contribution >= 0.6 is 11.6 Å². The van der Waals surface area contributed by atoms with Gasteiger partial charge in [-0.2, -0.15) is 0 Å². The van der Waals surface area contributed by atoms with Crippen LogP contribution in [-0.2, 0) is 16.0 Å². The second-order valence-electron chi connectivity index (χ2n) is 10.7. The van der Waals surface area contributed by atoms with Crippen molar-refractivity contribution >= 4 is 23.5 Å². The van der Waals surface area contributed by atoms with Crippen LogP contribution in [-0.4, -0.2) is 30.1 Å². The zero-order valence-corrected chi connectivity index (χ0v) is 21.6. The van der Waals surface area contributed by atoms with Crippen molar-refractivity contribution < 1.29 is 19.1 Å². The van der Waals surface area contributed by atoms with Gasteiger partial charge < -0.3 is 14.8 Å². The molecule has 184 valence electrons. The monoisotopic (exact) mass is 485 g/mol. The summed E-state index contributed by atoms with van der Waals surface area (Å²) in [7, 11) is 0. The van der Waals surface area contributed by atoms with E-state index in [1.165, 1.54) is 0 Å². The first-order valence-corrected chi connectivity index (χ1v) is 12.3. The summed E-state index contributed by atoms with van der Waals surface area (Å²) in [6.07, 6.45) is 3.54. The van der Waals surface area contributed by atoms with Gasteiger partial charge in [0.2, 0.25) is 0 Å². The summed E-state index contributed by atoms with van der Waals surface area (Å²) < 4.78 is 11.9. The van der Waals surface area contributed by atoms with E-state index >= 15 is 0 Å². The molecule has 0 radical (unpaired) electrons. The lowest BCUT2D eigenvalue weighted by Crippen LogP contribution is -2.43. The molecule has 0 saturated heterocycles. The molecule has 0 aliphatic heterocycles. The first-order chi connectivity index (χ1) is 15.9. The van der Waals surface area contributed by atoms with E-state index in [2.05, 4.69) is 26.1 Å². The Balaban J connectivity index is 1.48. The molecule has 0 unspecified atom stereocenters. The second-order valence-corrected chi connectivity index (χ2v) is 11.1. The van der Waals surface area contributed by atoms with Crippen LogP contribution in [0.2, 0.25) is 5.02 Å². The normalized spacial score (nSPS) is 19.8. The summed E-state index contributed by atoms with van der Waals surface area (Å²) in [5.74, 6) is 0.673. The minimum atomic E-state index is -1.08. The van der Waals surface area contributed by atoms with Gasteiger partial charge in [-0.3, -0.25) is 4.79 Å². The number of hydrogen-bond acceptors (Lipinski definition) is 4. The zero-order valence-electron chi connectivity index (χ0n) is 20.8. The maximum atomic E-state index is 12.9. The fourth-order valence-corrected chi connectivity index (χ4v) is 4.85. The average Bonchev–Trinajstić information content (AvgIpc) is 2.73. The SMILES string of the molecule is C[C@@H]1C[C@H](OC(=O)C(C)(C)Oc2ccc(CCNC(=O)c3ccc(Cl)cc3)cc2)CC(C)(C)C1. The molecule has 2 aromatic rings. The van der Waals surface area contributed by atoms with Crippen LogP contribution in [0.15, 0.2) is 48.5 Å². The molecule has 5 nitrogen and oxygen atoms in total. The number of carbonyl (C=O) groups excluding carboxylic acids is 2. The number of esters is 1. The lowest BCUT2D eigenvalue weighted by Gasteiger charge is -2.39. The van der Waals surface area contributed by atoms with Crippen molar-refractivity contribution in [3.63, 3.8) is 0 Å². The Kier molecular flexibility index (Phi) is 8.29. The highest BCUT2D eigenvalue weighted by Crippen LogP contribution is 2.40. The number of hydrogen-bond donors (Lipinski definition) is 1. The molecule has 6 heteroatoms. The number of carbonyl (C=O) groups is 2. The Morgan fingerprint density at radius 2 is 1.71 bits per heavy atom. The number of ether oxygens (including phenoxy) is 2. The summed E-state index contributed by atoms with van der Waals surface area (Å²) in [5.41, 5.74) is 0.729. The fraction of sp³-hybridized carbons (Fsp3) is 0.500. The molecule has 1 aliphatic carbocycles. The van der Waals surface area contributed by atoms with Gasteiger partial charge in [0.15, 0.2) is 5.60 Å². The van der Waals surface area contributed by atoms with Gasteiger partial charge >= 0.3 is 5.97 Å². The smallest absolute Gasteiger partial charge is 0.350 e. The predicted octanol–water partition coefficient (Wildman–Crippen LogP) is 6.23. The van der Waals surface area contributed by atoms with Crippen molar-refractivity contribution in [1.82, 2.24) is 5.32 Å². The Morgan fingerprint density at radius 1 is 1.06 bits per heavy atom. The molecule has 1 N–H and O–H groups in total. The number of rotatable bonds is 8. The third-order valence-corrected chi connectivity index (χ3v) is 6.47. The van der Waals surface area contributed by atoms with Gasteiger partial charge in [0.05, 0.1) is 0 Å². The highest BCUT2D eigenvalue weighted by atomic mass is 35.5. The minimum Gasteiger partial charge on any atom is -0.476 e. The van der Waals surface area contributed by atoms with Crippen LogP contribution in [0.5, 0.6) is 5.75 Å². The Hall–Kier alpha value is -2.53. The Morgan fingerprint density at radius 3 is 2.32 bits per heavy atom. The summed E-state index contributed by atoms with van der Waals surface area (Å²) in [5, 5.41) is 3.51. The molecule has 1 fully saturated rings. The molecule has 34 heavy (non-hydrogen) atoms. The topological polar surface area (TPSA) is 64.6 Å². The highest BCUT2D eigenvalue weighted by Gasteiger charge is 2.38. The second kappa shape index (κ2) is 10.8. The van der Waals surface area contributed by atoms with Crippen molar-refractivity contribution in [2.75, 3.05) is 6.54 Å².